The summed E-state index contributed by atoms with van der Waals surface area (Å²) in [5, 5.41) is 0.621. The van der Waals surface area contributed by atoms with Crippen molar-refractivity contribution >= 4 is 26.0 Å². The highest BCUT2D eigenvalue weighted by Gasteiger charge is 2.24. The van der Waals surface area contributed by atoms with Crippen LogP contribution < -0.4 is 0 Å². The number of aromatic nitrogens is 2. The van der Waals surface area contributed by atoms with E-state index in [2.05, 4.69) is 25.9 Å². The summed E-state index contributed by atoms with van der Waals surface area (Å²) in [7, 11) is -3.12. The summed E-state index contributed by atoms with van der Waals surface area (Å²) in [6, 6.07) is 0. The first kappa shape index (κ1) is 11.9. The summed E-state index contributed by atoms with van der Waals surface area (Å²) < 4.78 is 24.2. The first-order valence-electron chi connectivity index (χ1n) is 4.85. The third-order valence-corrected chi connectivity index (χ3v) is 4.29. The largest absolute Gasteiger partial charge is 0.240 e. The van der Waals surface area contributed by atoms with E-state index >= 15 is 0 Å². The van der Waals surface area contributed by atoms with Crippen molar-refractivity contribution < 1.29 is 8.42 Å². The maximum atomic E-state index is 11.4. The third kappa shape index (κ3) is 2.41. The van der Waals surface area contributed by atoms with E-state index in [0.29, 0.717) is 24.8 Å². The molecule has 0 amide bonds. The second-order valence-corrected chi connectivity index (χ2v) is 6.28. The van der Waals surface area contributed by atoms with Gasteiger partial charge in [-0.1, -0.05) is 15.9 Å². The van der Waals surface area contributed by atoms with Gasteiger partial charge in [0.05, 0.1) is 11.6 Å². The molecule has 1 aromatic rings. The van der Waals surface area contributed by atoms with Crippen LogP contribution in [0.5, 0.6) is 0 Å². The van der Waals surface area contributed by atoms with Crippen molar-refractivity contribution in [1.29, 1.82) is 0 Å². The van der Waals surface area contributed by atoms with Crippen molar-refractivity contribution in [2.24, 2.45) is 0 Å². The highest BCUT2D eigenvalue weighted by Crippen LogP contribution is 2.18. The summed E-state index contributed by atoms with van der Waals surface area (Å²) in [4.78, 5) is 8.52. The number of nitrogens with zero attached hydrogens (tertiary/aromatic N) is 3. The Labute approximate surface area is 103 Å². The molecule has 1 aliphatic heterocycles. The molecule has 7 heteroatoms. The molecule has 88 valence electrons. The van der Waals surface area contributed by atoms with Crippen LogP contribution in [-0.4, -0.2) is 35.5 Å². The summed E-state index contributed by atoms with van der Waals surface area (Å²) in [6.45, 7) is 0.890. The summed E-state index contributed by atoms with van der Waals surface area (Å²) in [5.74, 6) is 0.742. The summed E-state index contributed by atoms with van der Waals surface area (Å²) in [6.07, 6.45) is 3.60. The molecular formula is C9H12BrN3O2S. The van der Waals surface area contributed by atoms with Gasteiger partial charge in [0.25, 0.3) is 0 Å². The van der Waals surface area contributed by atoms with Gasteiger partial charge in [0, 0.05) is 37.0 Å². The smallest absolute Gasteiger partial charge is 0.211 e. The van der Waals surface area contributed by atoms with E-state index in [0.717, 1.165) is 17.1 Å². The molecule has 2 rings (SSSR count). The third-order valence-electron chi connectivity index (χ3n) is 2.54. The van der Waals surface area contributed by atoms with Gasteiger partial charge >= 0.3 is 0 Å². The topological polar surface area (TPSA) is 63.2 Å². The van der Waals surface area contributed by atoms with E-state index in [1.807, 2.05) is 0 Å². The van der Waals surface area contributed by atoms with Gasteiger partial charge in [0.2, 0.25) is 10.0 Å². The second kappa shape index (κ2) is 4.38. The van der Waals surface area contributed by atoms with E-state index < -0.39 is 10.0 Å². The Morgan fingerprint density at radius 2 is 2.31 bits per heavy atom. The molecule has 1 aromatic heterocycles. The first-order valence-corrected chi connectivity index (χ1v) is 7.82. The number of hydrogen-bond donors (Lipinski definition) is 0. The standard InChI is InChI=1S/C9H12BrN3O2S/c1-16(14,15)13-3-2-8-7(6-13)5-11-9(4-10)12-8/h5H,2-4,6H2,1H3. The van der Waals surface area contributed by atoms with Crippen molar-refractivity contribution in [3.63, 3.8) is 0 Å². The quantitative estimate of drug-likeness (QED) is 0.754. The average Bonchev–Trinajstić information content (AvgIpc) is 2.26. The monoisotopic (exact) mass is 305 g/mol. The lowest BCUT2D eigenvalue weighted by Crippen LogP contribution is -2.35. The van der Waals surface area contributed by atoms with Gasteiger partial charge in [-0.05, 0) is 0 Å². The average molecular weight is 306 g/mol. The van der Waals surface area contributed by atoms with Crippen molar-refractivity contribution in [3.8, 4) is 0 Å². The van der Waals surface area contributed by atoms with E-state index in [9.17, 15) is 8.42 Å². The molecule has 0 aliphatic carbocycles. The molecule has 1 aliphatic rings. The van der Waals surface area contributed by atoms with Gasteiger partial charge in [0.15, 0.2) is 0 Å². The number of fused-ring (bicyclic) bond motifs is 1. The predicted molar refractivity (Wildman–Crippen MR) is 63.6 cm³/mol. The van der Waals surface area contributed by atoms with Gasteiger partial charge in [-0.2, -0.15) is 4.31 Å². The molecule has 2 heterocycles. The number of sulfonamides is 1. The van der Waals surface area contributed by atoms with Crippen LogP contribution in [0, 0.1) is 0 Å². The predicted octanol–water partition coefficient (Wildman–Crippen LogP) is 0.689. The maximum absolute atomic E-state index is 11.4. The van der Waals surface area contributed by atoms with Crippen molar-refractivity contribution in [1.82, 2.24) is 14.3 Å². The molecule has 0 aromatic carbocycles. The molecule has 0 fully saturated rings. The van der Waals surface area contributed by atoms with Crippen LogP contribution in [0.1, 0.15) is 17.1 Å². The van der Waals surface area contributed by atoms with Crippen LogP contribution in [0.2, 0.25) is 0 Å². The second-order valence-electron chi connectivity index (χ2n) is 3.74. The van der Waals surface area contributed by atoms with Gasteiger partial charge in [-0.25, -0.2) is 18.4 Å². The molecule has 5 nitrogen and oxygen atoms in total. The fraction of sp³-hybridized carbons (Fsp3) is 0.556. The highest BCUT2D eigenvalue weighted by atomic mass is 79.9. The summed E-state index contributed by atoms with van der Waals surface area (Å²) >= 11 is 3.30. The molecule has 0 unspecified atom stereocenters. The van der Waals surface area contributed by atoms with E-state index in [-0.39, 0.29) is 0 Å². The number of alkyl halides is 1. The lowest BCUT2D eigenvalue weighted by Gasteiger charge is -2.25. The maximum Gasteiger partial charge on any atom is 0.211 e. The van der Waals surface area contributed by atoms with Crippen LogP contribution >= 0.6 is 15.9 Å². The van der Waals surface area contributed by atoms with E-state index in [1.54, 1.807) is 6.20 Å². The Hall–Kier alpha value is -0.530. The molecule has 0 radical (unpaired) electrons. The number of rotatable bonds is 2. The van der Waals surface area contributed by atoms with Gasteiger partial charge in [-0.15, -0.1) is 0 Å². The molecule has 0 saturated carbocycles. The molecule has 0 spiro atoms. The minimum Gasteiger partial charge on any atom is -0.240 e. The van der Waals surface area contributed by atoms with Crippen LogP contribution in [0.4, 0.5) is 0 Å². The van der Waals surface area contributed by atoms with Crippen molar-refractivity contribution in [3.05, 3.63) is 23.3 Å². The summed E-state index contributed by atoms with van der Waals surface area (Å²) in [5.41, 5.74) is 1.87. The normalized spacial score (nSPS) is 17.1. The number of hydrogen-bond acceptors (Lipinski definition) is 4. The molecule has 0 bridgehead atoms. The molecular weight excluding hydrogens is 294 g/mol. The Morgan fingerprint density at radius 3 is 2.94 bits per heavy atom. The fourth-order valence-electron chi connectivity index (χ4n) is 1.68. The Bertz CT molecular complexity index is 503. The zero-order valence-corrected chi connectivity index (χ0v) is 11.3. The molecule has 16 heavy (non-hydrogen) atoms. The van der Waals surface area contributed by atoms with Gasteiger partial charge < -0.3 is 0 Å². The van der Waals surface area contributed by atoms with Gasteiger partial charge in [-0.3, -0.25) is 0 Å². The Morgan fingerprint density at radius 1 is 1.56 bits per heavy atom. The van der Waals surface area contributed by atoms with Crippen molar-refractivity contribution in [2.45, 2.75) is 18.3 Å². The Balaban J connectivity index is 2.29. The fourth-order valence-corrected chi connectivity index (χ4v) is 2.75. The molecule has 0 saturated heterocycles. The molecule has 0 atom stereocenters. The van der Waals surface area contributed by atoms with Crippen LogP contribution in [0.25, 0.3) is 0 Å². The lowest BCUT2D eigenvalue weighted by molar-refractivity contribution is 0.390. The first-order chi connectivity index (χ1) is 7.50. The molecule has 0 N–H and O–H groups in total. The SMILES string of the molecule is CS(=O)(=O)N1CCc2nc(CBr)ncc2C1. The zero-order chi connectivity index (χ0) is 11.8. The van der Waals surface area contributed by atoms with E-state index in [1.165, 1.54) is 10.6 Å². The highest BCUT2D eigenvalue weighted by molar-refractivity contribution is 9.08. The minimum atomic E-state index is -3.12. The van der Waals surface area contributed by atoms with Crippen LogP contribution in [-0.2, 0) is 28.3 Å². The zero-order valence-electron chi connectivity index (χ0n) is 8.85. The lowest BCUT2D eigenvalue weighted by atomic mass is 10.1. The number of halogens is 1. The Kier molecular flexibility index (Phi) is 3.27. The van der Waals surface area contributed by atoms with E-state index in [4.69, 9.17) is 0 Å². The van der Waals surface area contributed by atoms with Crippen LogP contribution in [0.15, 0.2) is 6.20 Å². The minimum absolute atomic E-state index is 0.386. The van der Waals surface area contributed by atoms with Crippen LogP contribution in [0.3, 0.4) is 0 Å². The van der Waals surface area contributed by atoms with Crippen molar-refractivity contribution in [2.75, 3.05) is 12.8 Å². The van der Waals surface area contributed by atoms with Gasteiger partial charge in [0.1, 0.15) is 5.82 Å².